The van der Waals surface area contributed by atoms with Crippen molar-refractivity contribution < 1.29 is 32.5 Å². The summed E-state index contributed by atoms with van der Waals surface area (Å²) < 4.78 is 54.0. The molecule has 1 aliphatic heterocycles. The van der Waals surface area contributed by atoms with E-state index in [4.69, 9.17) is 37.6 Å². The Morgan fingerprint density at radius 1 is 1.24 bits per heavy atom. The van der Waals surface area contributed by atoms with Crippen molar-refractivity contribution in [3.8, 4) is 5.88 Å². The average Bonchev–Trinajstić information content (AvgIpc) is 2.87. The molecule has 5 N–H and O–H groups in total. The van der Waals surface area contributed by atoms with Gasteiger partial charge in [-0.15, -0.1) is 0 Å². The molecular formula is C26H28ClF3N4O4. The molecule has 0 saturated carbocycles. The quantitative estimate of drug-likeness (QED) is 0.408. The van der Waals surface area contributed by atoms with Crippen molar-refractivity contribution in [3.05, 3.63) is 58.3 Å². The van der Waals surface area contributed by atoms with Crippen LogP contribution < -0.4 is 16.2 Å². The van der Waals surface area contributed by atoms with Crippen LogP contribution in [0.5, 0.6) is 5.88 Å². The number of halogens is 4. The summed E-state index contributed by atoms with van der Waals surface area (Å²) in [5.41, 5.74) is 13.4. The number of aliphatic carboxylic acids is 1. The molecule has 0 fully saturated rings. The van der Waals surface area contributed by atoms with Crippen molar-refractivity contribution in [3.63, 3.8) is 0 Å². The summed E-state index contributed by atoms with van der Waals surface area (Å²) in [6.45, 7) is 0.652. The highest BCUT2D eigenvalue weighted by molar-refractivity contribution is 6.30. The number of rotatable bonds is 8. The van der Waals surface area contributed by atoms with Crippen LogP contribution in [-0.2, 0) is 9.53 Å². The van der Waals surface area contributed by atoms with Gasteiger partial charge in [-0.2, -0.15) is 18.2 Å². The van der Waals surface area contributed by atoms with Gasteiger partial charge in [-0.05, 0) is 66.9 Å². The molecule has 2 aliphatic rings. The molecule has 12 heteroatoms. The highest BCUT2D eigenvalue weighted by Gasteiger charge is 2.45. The Bertz CT molecular complexity index is 1250. The van der Waals surface area contributed by atoms with E-state index in [1.54, 1.807) is 0 Å². The van der Waals surface area contributed by atoms with Crippen LogP contribution in [0.1, 0.15) is 55.0 Å². The fourth-order valence-electron chi connectivity index (χ4n) is 4.67. The standard InChI is InChI=1S/C26H28ClF3N4O4/c27-17-7-8-18(19(11-17)16-2-1-9-37-13-16)23(26(28,29)30)38-22-12-21(33-25(32)34-22)15-5-3-14(4-6-15)10-20(31)24(35)36/h2,5,7-8,11-12,14,20,23H,1,3-4,6,9-10,13,31H2,(H,35,36)(H2,32,33,34)/t14-,20-,23+/m0/s1. The van der Waals surface area contributed by atoms with Crippen LogP contribution in [0, 0.1) is 5.92 Å². The highest BCUT2D eigenvalue weighted by Crippen LogP contribution is 2.41. The lowest BCUT2D eigenvalue weighted by molar-refractivity contribution is -0.198. The molecule has 3 atom stereocenters. The first-order valence-electron chi connectivity index (χ1n) is 12.1. The zero-order valence-electron chi connectivity index (χ0n) is 20.4. The Labute approximate surface area is 222 Å². The topological polar surface area (TPSA) is 134 Å². The Hall–Kier alpha value is -3.15. The number of nitrogens with two attached hydrogens (primary N) is 2. The van der Waals surface area contributed by atoms with Crippen LogP contribution in [-0.4, -0.2) is 46.5 Å². The van der Waals surface area contributed by atoms with Gasteiger partial charge in [0.15, 0.2) is 0 Å². The lowest BCUT2D eigenvalue weighted by atomic mass is 9.84. The third-order valence-electron chi connectivity index (χ3n) is 6.56. The lowest BCUT2D eigenvalue weighted by Crippen LogP contribution is -2.32. The molecule has 0 bridgehead atoms. The number of nitrogen functional groups attached to an aromatic ring is 1. The van der Waals surface area contributed by atoms with E-state index in [0.717, 1.165) is 5.57 Å². The second-order valence-electron chi connectivity index (χ2n) is 9.34. The molecule has 0 unspecified atom stereocenters. The molecule has 2 heterocycles. The van der Waals surface area contributed by atoms with Crippen molar-refractivity contribution in [1.29, 1.82) is 0 Å². The van der Waals surface area contributed by atoms with Gasteiger partial charge in [-0.25, -0.2) is 4.98 Å². The zero-order chi connectivity index (χ0) is 27.4. The summed E-state index contributed by atoms with van der Waals surface area (Å²) in [7, 11) is 0. The molecule has 204 valence electrons. The summed E-state index contributed by atoms with van der Waals surface area (Å²) >= 11 is 6.13. The average molecular weight is 553 g/mol. The second-order valence-corrected chi connectivity index (χ2v) is 9.78. The van der Waals surface area contributed by atoms with Crippen molar-refractivity contribution in [2.45, 2.75) is 50.4 Å². The molecule has 1 aromatic heterocycles. The first kappa shape index (κ1) is 27.9. The first-order chi connectivity index (χ1) is 18.0. The van der Waals surface area contributed by atoms with Crippen LogP contribution in [0.3, 0.4) is 0 Å². The first-order valence-corrected chi connectivity index (χ1v) is 12.5. The minimum Gasteiger partial charge on any atom is -0.480 e. The van der Waals surface area contributed by atoms with Gasteiger partial charge in [0.2, 0.25) is 17.9 Å². The van der Waals surface area contributed by atoms with Gasteiger partial charge in [-0.1, -0.05) is 29.8 Å². The van der Waals surface area contributed by atoms with E-state index in [1.807, 2.05) is 12.2 Å². The number of carboxylic acids is 1. The number of aromatic nitrogens is 2. The largest absolute Gasteiger partial charge is 0.480 e. The lowest BCUT2D eigenvalue weighted by Gasteiger charge is -2.26. The number of nitrogens with zero attached hydrogens (tertiary/aromatic N) is 2. The molecule has 4 rings (SSSR count). The fraction of sp³-hybridized carbons (Fsp3) is 0.423. The maximum absolute atomic E-state index is 14.4. The smallest absolute Gasteiger partial charge is 0.429 e. The van der Waals surface area contributed by atoms with Crippen LogP contribution in [0.4, 0.5) is 19.1 Å². The Morgan fingerprint density at radius 3 is 2.66 bits per heavy atom. The number of benzene rings is 1. The van der Waals surface area contributed by atoms with E-state index in [2.05, 4.69) is 9.97 Å². The number of allylic oxidation sites excluding steroid dienone is 2. The zero-order valence-corrected chi connectivity index (χ0v) is 21.1. The van der Waals surface area contributed by atoms with Gasteiger partial charge in [0, 0.05) is 16.7 Å². The van der Waals surface area contributed by atoms with Crippen molar-refractivity contribution in [2.75, 3.05) is 18.9 Å². The van der Waals surface area contributed by atoms with E-state index in [1.165, 1.54) is 24.3 Å². The molecule has 8 nitrogen and oxygen atoms in total. The number of carbonyl (C=O) groups is 1. The molecule has 0 amide bonds. The SMILES string of the molecule is Nc1nc(O[C@H](c2ccc(Cl)cc2C2=CCCOC2)C(F)(F)F)cc(C2=CC[C@H](C[C@H](N)C(=O)O)CC2)n1. The fourth-order valence-corrected chi connectivity index (χ4v) is 4.84. The van der Waals surface area contributed by atoms with E-state index in [-0.39, 0.29) is 34.9 Å². The summed E-state index contributed by atoms with van der Waals surface area (Å²) in [6.07, 6.45) is -0.760. The highest BCUT2D eigenvalue weighted by atomic mass is 35.5. The van der Waals surface area contributed by atoms with E-state index >= 15 is 0 Å². The van der Waals surface area contributed by atoms with Crippen LogP contribution in [0.25, 0.3) is 11.1 Å². The molecular weight excluding hydrogens is 525 g/mol. The predicted octanol–water partition coefficient (Wildman–Crippen LogP) is 5.18. The van der Waals surface area contributed by atoms with Gasteiger partial charge in [0.05, 0.1) is 18.9 Å². The predicted molar refractivity (Wildman–Crippen MR) is 136 cm³/mol. The normalized spacial score (nSPS) is 19.8. The monoisotopic (exact) mass is 552 g/mol. The van der Waals surface area contributed by atoms with E-state index < -0.39 is 24.3 Å². The number of alkyl halides is 3. The summed E-state index contributed by atoms with van der Waals surface area (Å²) in [5, 5.41) is 9.33. The van der Waals surface area contributed by atoms with Crippen molar-refractivity contribution in [2.24, 2.45) is 11.7 Å². The number of anilines is 1. The number of hydrogen-bond donors (Lipinski definition) is 3. The molecule has 2 aromatic rings. The third kappa shape index (κ3) is 6.83. The second kappa shape index (κ2) is 11.7. The molecule has 0 spiro atoms. The Kier molecular flexibility index (Phi) is 8.59. The maximum atomic E-state index is 14.4. The van der Waals surface area contributed by atoms with Gasteiger partial charge >= 0.3 is 12.1 Å². The molecule has 0 radical (unpaired) electrons. The van der Waals surface area contributed by atoms with E-state index in [0.29, 0.717) is 55.5 Å². The van der Waals surface area contributed by atoms with Crippen LogP contribution in [0.2, 0.25) is 5.02 Å². The molecule has 0 saturated heterocycles. The van der Waals surface area contributed by atoms with Crippen molar-refractivity contribution >= 4 is 34.7 Å². The van der Waals surface area contributed by atoms with Gasteiger partial charge in [-0.3, -0.25) is 4.79 Å². The maximum Gasteiger partial charge on any atom is 0.429 e. The Morgan fingerprint density at radius 2 is 2.03 bits per heavy atom. The summed E-state index contributed by atoms with van der Waals surface area (Å²) in [6, 6.07) is 4.54. The summed E-state index contributed by atoms with van der Waals surface area (Å²) in [4.78, 5) is 19.1. The van der Waals surface area contributed by atoms with Gasteiger partial charge in [0.25, 0.3) is 0 Å². The summed E-state index contributed by atoms with van der Waals surface area (Å²) in [5.74, 6) is -1.52. The minimum absolute atomic E-state index is 0.0794. The van der Waals surface area contributed by atoms with Gasteiger partial charge in [0.1, 0.15) is 6.04 Å². The molecule has 38 heavy (non-hydrogen) atoms. The van der Waals surface area contributed by atoms with Crippen molar-refractivity contribution in [1.82, 2.24) is 9.97 Å². The number of ether oxygens (including phenoxy) is 2. The minimum atomic E-state index is -4.78. The molecule has 1 aliphatic carbocycles. The number of hydrogen-bond acceptors (Lipinski definition) is 7. The van der Waals surface area contributed by atoms with Gasteiger partial charge < -0.3 is 26.0 Å². The number of carboxylic acid groups (broad SMARTS) is 1. The Balaban J connectivity index is 1.62. The third-order valence-corrected chi connectivity index (χ3v) is 6.80. The van der Waals surface area contributed by atoms with E-state index in [9.17, 15) is 18.0 Å². The molecule has 1 aromatic carbocycles. The van der Waals surface area contributed by atoms with Crippen LogP contribution >= 0.6 is 11.6 Å². The van der Waals surface area contributed by atoms with Crippen LogP contribution in [0.15, 0.2) is 36.4 Å².